The standard InChI is InChI=1S/C29H29F3N4O4/c1-4-35(23-12-8-21(9-13-23)22-10-16-25(17-11-22)40-29(30,31)32)19-26-27(28(37)39-5-2)33-34-36(26)18-20-6-14-24(38-3)15-7-20/h6-17H,4-5,18-19H2,1-3H3. The highest BCUT2D eigenvalue weighted by Gasteiger charge is 2.31. The van der Waals surface area contributed by atoms with Crippen molar-refractivity contribution < 1.29 is 32.2 Å². The summed E-state index contributed by atoms with van der Waals surface area (Å²) in [6.07, 6.45) is -4.74. The Kier molecular flexibility index (Phi) is 8.93. The summed E-state index contributed by atoms with van der Waals surface area (Å²) in [5.74, 6) is -0.0777. The second-order valence-corrected chi connectivity index (χ2v) is 8.74. The van der Waals surface area contributed by atoms with E-state index in [1.165, 1.54) is 12.1 Å². The zero-order valence-corrected chi connectivity index (χ0v) is 22.3. The molecule has 210 valence electrons. The molecule has 0 saturated carbocycles. The second kappa shape index (κ2) is 12.5. The summed E-state index contributed by atoms with van der Waals surface area (Å²) in [6.45, 7) is 5.31. The van der Waals surface area contributed by atoms with E-state index in [2.05, 4.69) is 19.9 Å². The van der Waals surface area contributed by atoms with Gasteiger partial charge in [-0.2, -0.15) is 0 Å². The lowest BCUT2D eigenvalue weighted by Crippen LogP contribution is -2.26. The quantitative estimate of drug-likeness (QED) is 0.207. The first-order chi connectivity index (χ1) is 19.2. The highest BCUT2D eigenvalue weighted by atomic mass is 19.4. The van der Waals surface area contributed by atoms with E-state index < -0.39 is 12.3 Å². The summed E-state index contributed by atoms with van der Waals surface area (Å²) in [5.41, 5.74) is 4.19. The third kappa shape index (κ3) is 7.10. The Balaban J connectivity index is 1.56. The van der Waals surface area contributed by atoms with Gasteiger partial charge < -0.3 is 19.1 Å². The number of nitrogens with zero attached hydrogens (tertiary/aromatic N) is 4. The van der Waals surface area contributed by atoms with Gasteiger partial charge in [-0.3, -0.25) is 0 Å². The fourth-order valence-electron chi connectivity index (χ4n) is 4.16. The Morgan fingerprint density at radius 1 is 0.900 bits per heavy atom. The molecule has 0 atom stereocenters. The third-order valence-corrected chi connectivity index (χ3v) is 6.17. The van der Waals surface area contributed by atoms with Gasteiger partial charge in [-0.1, -0.05) is 41.6 Å². The van der Waals surface area contributed by atoms with E-state index in [-0.39, 0.29) is 18.1 Å². The van der Waals surface area contributed by atoms with Crippen LogP contribution in [0.3, 0.4) is 0 Å². The number of hydrogen-bond donors (Lipinski definition) is 0. The lowest BCUT2D eigenvalue weighted by Gasteiger charge is -2.24. The number of anilines is 1. The van der Waals surface area contributed by atoms with E-state index in [0.29, 0.717) is 25.3 Å². The zero-order valence-electron chi connectivity index (χ0n) is 22.3. The molecule has 8 nitrogen and oxygen atoms in total. The summed E-state index contributed by atoms with van der Waals surface area (Å²) < 4.78 is 53.5. The van der Waals surface area contributed by atoms with E-state index in [1.54, 1.807) is 30.8 Å². The number of methoxy groups -OCH3 is 1. The molecule has 1 aromatic heterocycles. The average Bonchev–Trinajstić information content (AvgIpc) is 3.34. The van der Waals surface area contributed by atoms with Crippen LogP contribution in [-0.2, 0) is 17.8 Å². The second-order valence-electron chi connectivity index (χ2n) is 8.74. The molecule has 0 radical (unpaired) electrons. The van der Waals surface area contributed by atoms with Gasteiger partial charge in [0.2, 0.25) is 0 Å². The highest BCUT2D eigenvalue weighted by Crippen LogP contribution is 2.28. The van der Waals surface area contributed by atoms with Crippen LogP contribution in [0.1, 0.15) is 35.6 Å². The molecule has 3 aromatic carbocycles. The summed E-state index contributed by atoms with van der Waals surface area (Å²) in [6, 6.07) is 20.9. The summed E-state index contributed by atoms with van der Waals surface area (Å²) in [7, 11) is 1.60. The number of aromatic nitrogens is 3. The van der Waals surface area contributed by atoms with E-state index >= 15 is 0 Å². The van der Waals surface area contributed by atoms with Gasteiger partial charge in [-0.15, -0.1) is 18.3 Å². The van der Waals surface area contributed by atoms with E-state index in [0.717, 1.165) is 28.1 Å². The van der Waals surface area contributed by atoms with Gasteiger partial charge in [0, 0.05) is 12.2 Å². The number of rotatable bonds is 11. The summed E-state index contributed by atoms with van der Waals surface area (Å²) in [4.78, 5) is 14.7. The maximum Gasteiger partial charge on any atom is 0.573 e. The minimum absolute atomic E-state index is 0.159. The first kappa shape index (κ1) is 28.5. The molecular weight excluding hydrogens is 525 g/mol. The van der Waals surface area contributed by atoms with Gasteiger partial charge in [-0.25, -0.2) is 9.48 Å². The summed E-state index contributed by atoms with van der Waals surface area (Å²) in [5, 5.41) is 8.38. The minimum atomic E-state index is -4.74. The van der Waals surface area contributed by atoms with Crippen molar-refractivity contribution in [1.29, 1.82) is 0 Å². The smallest absolute Gasteiger partial charge is 0.497 e. The molecule has 4 rings (SSSR count). The van der Waals surface area contributed by atoms with Crippen molar-refractivity contribution in [1.82, 2.24) is 15.0 Å². The number of benzene rings is 3. The molecule has 0 aliphatic rings. The number of ether oxygens (including phenoxy) is 3. The third-order valence-electron chi connectivity index (χ3n) is 6.17. The van der Waals surface area contributed by atoms with Crippen molar-refractivity contribution in [2.24, 2.45) is 0 Å². The van der Waals surface area contributed by atoms with Gasteiger partial charge in [0.1, 0.15) is 11.5 Å². The normalized spacial score (nSPS) is 11.2. The van der Waals surface area contributed by atoms with Crippen LogP contribution in [0.5, 0.6) is 11.5 Å². The molecule has 0 aliphatic heterocycles. The monoisotopic (exact) mass is 554 g/mol. The molecule has 0 fully saturated rings. The van der Waals surface area contributed by atoms with Gasteiger partial charge >= 0.3 is 12.3 Å². The Bertz CT molecular complexity index is 1400. The van der Waals surface area contributed by atoms with Crippen LogP contribution in [0.2, 0.25) is 0 Å². The molecule has 0 spiro atoms. The van der Waals surface area contributed by atoms with Crippen molar-refractivity contribution in [3.05, 3.63) is 89.7 Å². The fraction of sp³-hybridized carbons (Fsp3) is 0.276. The van der Waals surface area contributed by atoms with Crippen LogP contribution in [0.25, 0.3) is 11.1 Å². The molecule has 1 heterocycles. The number of carbonyl (C=O) groups excluding carboxylic acids is 1. The predicted octanol–water partition coefficient (Wildman–Crippen LogP) is 6.10. The van der Waals surface area contributed by atoms with Crippen LogP contribution in [0.4, 0.5) is 18.9 Å². The number of halogens is 3. The molecular formula is C29H29F3N4O4. The van der Waals surface area contributed by atoms with Gasteiger partial charge in [0.15, 0.2) is 5.69 Å². The zero-order chi connectivity index (χ0) is 28.7. The van der Waals surface area contributed by atoms with Crippen molar-refractivity contribution >= 4 is 11.7 Å². The van der Waals surface area contributed by atoms with E-state index in [1.807, 2.05) is 55.5 Å². The number of esters is 1. The number of alkyl halides is 3. The van der Waals surface area contributed by atoms with E-state index in [9.17, 15) is 18.0 Å². The lowest BCUT2D eigenvalue weighted by atomic mass is 10.0. The Hall–Kier alpha value is -4.54. The molecule has 40 heavy (non-hydrogen) atoms. The molecule has 11 heteroatoms. The molecule has 0 bridgehead atoms. The molecule has 4 aromatic rings. The van der Waals surface area contributed by atoms with Crippen molar-refractivity contribution in [2.45, 2.75) is 33.3 Å². The lowest BCUT2D eigenvalue weighted by molar-refractivity contribution is -0.274. The largest absolute Gasteiger partial charge is 0.573 e. The topological polar surface area (TPSA) is 78.7 Å². The maximum atomic E-state index is 12.7. The van der Waals surface area contributed by atoms with Crippen LogP contribution in [-0.4, -0.2) is 47.6 Å². The molecule has 0 unspecified atom stereocenters. The van der Waals surface area contributed by atoms with Crippen LogP contribution in [0, 0.1) is 0 Å². The van der Waals surface area contributed by atoms with Crippen LogP contribution >= 0.6 is 0 Å². The molecule has 0 N–H and O–H groups in total. The summed E-state index contributed by atoms with van der Waals surface area (Å²) >= 11 is 0. The van der Waals surface area contributed by atoms with Crippen LogP contribution < -0.4 is 14.4 Å². The van der Waals surface area contributed by atoms with E-state index in [4.69, 9.17) is 9.47 Å². The number of carbonyl (C=O) groups is 1. The molecule has 0 saturated heterocycles. The minimum Gasteiger partial charge on any atom is -0.497 e. The fourth-order valence-corrected chi connectivity index (χ4v) is 4.16. The predicted molar refractivity (Wildman–Crippen MR) is 143 cm³/mol. The Morgan fingerprint density at radius 2 is 1.50 bits per heavy atom. The molecule has 0 amide bonds. The van der Waals surface area contributed by atoms with Crippen molar-refractivity contribution in [2.75, 3.05) is 25.2 Å². The van der Waals surface area contributed by atoms with Gasteiger partial charge in [0.25, 0.3) is 0 Å². The first-order valence-electron chi connectivity index (χ1n) is 12.6. The first-order valence-corrected chi connectivity index (χ1v) is 12.6. The van der Waals surface area contributed by atoms with Gasteiger partial charge in [-0.05, 0) is 66.9 Å². The van der Waals surface area contributed by atoms with Crippen LogP contribution in [0.15, 0.2) is 72.8 Å². The Labute approximate surface area is 229 Å². The number of hydrogen-bond acceptors (Lipinski definition) is 7. The van der Waals surface area contributed by atoms with Gasteiger partial charge in [0.05, 0.1) is 32.5 Å². The van der Waals surface area contributed by atoms with Crippen molar-refractivity contribution in [3.8, 4) is 22.6 Å². The van der Waals surface area contributed by atoms with Crippen molar-refractivity contribution in [3.63, 3.8) is 0 Å². The Morgan fingerprint density at radius 3 is 2.05 bits per heavy atom. The highest BCUT2D eigenvalue weighted by molar-refractivity contribution is 5.88. The average molecular weight is 555 g/mol. The molecule has 0 aliphatic carbocycles. The SMILES string of the molecule is CCOC(=O)c1nnn(Cc2ccc(OC)cc2)c1CN(CC)c1ccc(-c2ccc(OC(F)(F)F)cc2)cc1. The maximum absolute atomic E-state index is 12.7.